The van der Waals surface area contributed by atoms with Crippen molar-refractivity contribution < 1.29 is 4.79 Å². The van der Waals surface area contributed by atoms with Crippen LogP contribution >= 0.6 is 23.7 Å². The molecule has 3 aromatic rings. The minimum atomic E-state index is -0.0333. The van der Waals surface area contributed by atoms with Crippen LogP contribution in [-0.2, 0) is 30.8 Å². The predicted molar refractivity (Wildman–Crippen MR) is 104 cm³/mol. The fraction of sp³-hybridized carbons (Fsp3) is 0.278. The molecule has 4 rings (SSSR count). The molecule has 1 aliphatic rings. The van der Waals surface area contributed by atoms with Crippen molar-refractivity contribution in [3.8, 4) is 10.6 Å². The summed E-state index contributed by atoms with van der Waals surface area (Å²) in [5.41, 5.74) is 3.95. The fourth-order valence-corrected chi connectivity index (χ4v) is 3.68. The van der Waals surface area contributed by atoms with Gasteiger partial charge in [-0.3, -0.25) is 9.48 Å². The van der Waals surface area contributed by atoms with Gasteiger partial charge in [-0.05, 0) is 6.07 Å². The van der Waals surface area contributed by atoms with Crippen molar-refractivity contribution in [1.29, 1.82) is 0 Å². The van der Waals surface area contributed by atoms with E-state index in [1.165, 1.54) is 5.69 Å². The highest BCUT2D eigenvalue weighted by molar-refractivity contribution is 7.13. The molecule has 26 heavy (non-hydrogen) atoms. The number of thiazole rings is 1. The first kappa shape index (κ1) is 18.6. The molecule has 0 radical (unpaired) electrons. The second kappa shape index (κ2) is 8.44. The number of nitrogens with zero attached hydrogens (tertiary/aromatic N) is 3. The van der Waals surface area contributed by atoms with Crippen molar-refractivity contribution in [2.45, 2.75) is 26.1 Å². The number of amides is 1. The normalized spacial score (nSPS) is 12.9. The number of carbonyl (C=O) groups excluding carboxylic acids is 1. The first-order chi connectivity index (χ1) is 12.3. The van der Waals surface area contributed by atoms with Crippen LogP contribution in [0, 0.1) is 0 Å². The molecule has 8 heteroatoms. The van der Waals surface area contributed by atoms with E-state index < -0.39 is 0 Å². The Morgan fingerprint density at radius 2 is 2.12 bits per heavy atom. The molecule has 0 fully saturated rings. The summed E-state index contributed by atoms with van der Waals surface area (Å²) >= 11 is 1.56. The van der Waals surface area contributed by atoms with Gasteiger partial charge in [-0.1, -0.05) is 30.3 Å². The second-order valence-corrected chi connectivity index (χ2v) is 6.85. The molecule has 0 saturated carbocycles. The van der Waals surface area contributed by atoms with Crippen LogP contribution in [-0.4, -0.2) is 27.2 Å². The Bertz CT molecular complexity index is 853. The van der Waals surface area contributed by atoms with E-state index in [1.807, 2.05) is 46.5 Å². The van der Waals surface area contributed by atoms with Gasteiger partial charge in [0.05, 0.1) is 36.6 Å². The van der Waals surface area contributed by atoms with Gasteiger partial charge >= 0.3 is 0 Å². The highest BCUT2D eigenvalue weighted by Crippen LogP contribution is 2.23. The van der Waals surface area contributed by atoms with Gasteiger partial charge in [0.25, 0.3) is 0 Å². The summed E-state index contributed by atoms with van der Waals surface area (Å²) in [6.45, 7) is 3.11. The lowest BCUT2D eigenvalue weighted by atomic mass is 10.2. The molecule has 1 aliphatic heterocycles. The third-order valence-corrected chi connectivity index (χ3v) is 5.04. The van der Waals surface area contributed by atoms with Gasteiger partial charge in [0.15, 0.2) is 0 Å². The van der Waals surface area contributed by atoms with Crippen LogP contribution in [0.1, 0.15) is 17.1 Å². The van der Waals surface area contributed by atoms with Crippen molar-refractivity contribution in [2.24, 2.45) is 0 Å². The zero-order valence-electron chi connectivity index (χ0n) is 14.1. The molecule has 0 unspecified atom stereocenters. The Morgan fingerprint density at radius 1 is 1.27 bits per heavy atom. The van der Waals surface area contributed by atoms with Crippen molar-refractivity contribution in [1.82, 2.24) is 25.4 Å². The van der Waals surface area contributed by atoms with Crippen LogP contribution in [0.5, 0.6) is 0 Å². The van der Waals surface area contributed by atoms with Crippen LogP contribution in [0.4, 0.5) is 0 Å². The van der Waals surface area contributed by atoms with Crippen molar-refractivity contribution >= 4 is 29.7 Å². The standard InChI is InChI=1S/C18H19N5OS.ClH/c24-17(20-10-14-8-16-11-19-6-7-23(16)22-14)9-15-12-25-18(21-15)13-4-2-1-3-5-13;/h1-5,8,12,19H,6-7,9-11H2,(H,20,24);1H. The Hall–Kier alpha value is -2.22. The molecular weight excluding hydrogens is 370 g/mol. The van der Waals surface area contributed by atoms with Gasteiger partial charge in [0.1, 0.15) is 5.01 Å². The molecule has 3 heterocycles. The molecule has 2 N–H and O–H groups in total. The van der Waals surface area contributed by atoms with Crippen LogP contribution in [0.25, 0.3) is 10.6 Å². The summed E-state index contributed by atoms with van der Waals surface area (Å²) < 4.78 is 2.00. The number of nitrogens with one attached hydrogen (secondary N) is 2. The van der Waals surface area contributed by atoms with Gasteiger partial charge in [-0.2, -0.15) is 5.10 Å². The van der Waals surface area contributed by atoms with E-state index in [4.69, 9.17) is 0 Å². The lowest BCUT2D eigenvalue weighted by Crippen LogP contribution is -2.28. The van der Waals surface area contributed by atoms with Crippen molar-refractivity contribution in [3.05, 3.63) is 58.9 Å². The number of carbonyl (C=O) groups is 1. The molecule has 1 amide bonds. The highest BCUT2D eigenvalue weighted by Gasteiger charge is 2.13. The molecule has 1 aromatic carbocycles. The van der Waals surface area contributed by atoms with Crippen LogP contribution in [0.3, 0.4) is 0 Å². The SMILES string of the molecule is Cl.O=C(Cc1csc(-c2ccccc2)n1)NCc1cc2n(n1)CCNC2. The van der Waals surface area contributed by atoms with E-state index in [0.717, 1.165) is 41.6 Å². The Balaban J connectivity index is 0.00000196. The topological polar surface area (TPSA) is 71.8 Å². The summed E-state index contributed by atoms with van der Waals surface area (Å²) in [7, 11) is 0. The van der Waals surface area contributed by atoms with E-state index in [1.54, 1.807) is 11.3 Å². The number of hydrogen-bond donors (Lipinski definition) is 2. The molecule has 2 aromatic heterocycles. The van der Waals surface area contributed by atoms with E-state index in [2.05, 4.69) is 20.7 Å². The lowest BCUT2D eigenvalue weighted by Gasteiger charge is -2.13. The molecule has 0 aliphatic carbocycles. The van der Waals surface area contributed by atoms with Crippen LogP contribution in [0.15, 0.2) is 41.8 Å². The molecule has 136 valence electrons. The lowest BCUT2D eigenvalue weighted by molar-refractivity contribution is -0.120. The van der Waals surface area contributed by atoms with Crippen LogP contribution < -0.4 is 10.6 Å². The van der Waals surface area contributed by atoms with Gasteiger partial charge in [-0.15, -0.1) is 23.7 Å². The smallest absolute Gasteiger partial charge is 0.226 e. The Morgan fingerprint density at radius 3 is 2.92 bits per heavy atom. The van der Waals surface area contributed by atoms with E-state index in [-0.39, 0.29) is 18.3 Å². The molecule has 0 bridgehead atoms. The Kier molecular flexibility index (Phi) is 6.03. The minimum Gasteiger partial charge on any atom is -0.350 e. The number of aromatic nitrogens is 3. The number of hydrogen-bond acceptors (Lipinski definition) is 5. The zero-order valence-corrected chi connectivity index (χ0v) is 15.8. The maximum absolute atomic E-state index is 12.2. The summed E-state index contributed by atoms with van der Waals surface area (Å²) in [6, 6.07) is 12.1. The van der Waals surface area contributed by atoms with Gasteiger partial charge < -0.3 is 10.6 Å². The molecule has 6 nitrogen and oxygen atoms in total. The molecule has 0 atom stereocenters. The Labute approximate surface area is 162 Å². The number of halogens is 1. The van der Waals surface area contributed by atoms with E-state index in [0.29, 0.717) is 13.0 Å². The van der Waals surface area contributed by atoms with Gasteiger partial charge in [0.2, 0.25) is 5.91 Å². The van der Waals surface area contributed by atoms with Gasteiger partial charge in [-0.25, -0.2) is 4.98 Å². The monoisotopic (exact) mass is 389 g/mol. The largest absolute Gasteiger partial charge is 0.350 e. The predicted octanol–water partition coefficient (Wildman–Crippen LogP) is 2.39. The van der Waals surface area contributed by atoms with Crippen molar-refractivity contribution in [2.75, 3.05) is 6.54 Å². The summed E-state index contributed by atoms with van der Waals surface area (Å²) in [5, 5.41) is 13.7. The maximum atomic E-state index is 12.2. The molecular formula is C18H20ClN5OS. The summed E-state index contributed by atoms with van der Waals surface area (Å²) in [5.74, 6) is -0.0333. The zero-order chi connectivity index (χ0) is 17.1. The highest BCUT2D eigenvalue weighted by atomic mass is 35.5. The number of fused-ring (bicyclic) bond motifs is 1. The average Bonchev–Trinajstić information content (AvgIpc) is 3.27. The first-order valence-corrected chi connectivity index (χ1v) is 9.19. The van der Waals surface area contributed by atoms with E-state index >= 15 is 0 Å². The molecule has 0 saturated heterocycles. The third-order valence-electron chi connectivity index (χ3n) is 4.10. The van der Waals surface area contributed by atoms with Crippen molar-refractivity contribution in [3.63, 3.8) is 0 Å². The van der Waals surface area contributed by atoms with Crippen LogP contribution in [0.2, 0.25) is 0 Å². The molecule has 0 spiro atoms. The fourth-order valence-electron chi connectivity index (χ4n) is 2.86. The van der Waals surface area contributed by atoms with E-state index in [9.17, 15) is 4.79 Å². The quantitative estimate of drug-likeness (QED) is 0.702. The minimum absolute atomic E-state index is 0. The maximum Gasteiger partial charge on any atom is 0.226 e. The first-order valence-electron chi connectivity index (χ1n) is 8.31. The van der Waals surface area contributed by atoms with Gasteiger partial charge in [0, 0.05) is 24.0 Å². The summed E-state index contributed by atoms with van der Waals surface area (Å²) in [4.78, 5) is 16.7. The number of rotatable bonds is 5. The average molecular weight is 390 g/mol. The third kappa shape index (κ3) is 4.30. The second-order valence-electron chi connectivity index (χ2n) is 5.99. The number of benzene rings is 1. The summed E-state index contributed by atoms with van der Waals surface area (Å²) in [6.07, 6.45) is 0.290.